The first-order valence-corrected chi connectivity index (χ1v) is 7.00. The summed E-state index contributed by atoms with van der Waals surface area (Å²) in [6.07, 6.45) is 2.90. The molecule has 1 aromatic heterocycles. The van der Waals surface area contributed by atoms with Crippen molar-refractivity contribution >= 4 is 27.7 Å². The van der Waals surface area contributed by atoms with Crippen molar-refractivity contribution < 1.29 is 9.53 Å². The molecule has 2 rings (SSSR count). The molecule has 0 spiro atoms. The Morgan fingerprint density at radius 1 is 1.56 bits per heavy atom. The molecule has 1 N–H and O–H groups in total. The van der Waals surface area contributed by atoms with E-state index in [-0.39, 0.29) is 5.91 Å². The molecule has 18 heavy (non-hydrogen) atoms. The Labute approximate surface area is 115 Å². The van der Waals surface area contributed by atoms with E-state index in [1.807, 2.05) is 19.1 Å². The molecule has 1 amide bonds. The summed E-state index contributed by atoms with van der Waals surface area (Å²) in [6.45, 7) is 2.75. The number of hydrogen-bond donors (Lipinski definition) is 1. The zero-order valence-electron chi connectivity index (χ0n) is 10.4. The predicted octanol–water partition coefficient (Wildman–Crippen LogP) is 2.99. The first-order valence-electron chi connectivity index (χ1n) is 6.21. The van der Waals surface area contributed by atoms with Gasteiger partial charge in [0, 0.05) is 13.0 Å². The van der Waals surface area contributed by atoms with Crippen molar-refractivity contribution in [3.8, 4) is 0 Å². The van der Waals surface area contributed by atoms with E-state index in [0.717, 1.165) is 24.1 Å². The molecule has 1 aromatic rings. The molecular formula is C13H17BrN2O2. The quantitative estimate of drug-likeness (QED) is 0.850. The number of aromatic nitrogens is 1. The van der Waals surface area contributed by atoms with Crippen molar-refractivity contribution in [3.63, 3.8) is 0 Å². The summed E-state index contributed by atoms with van der Waals surface area (Å²) in [6, 6.07) is 5.46. The van der Waals surface area contributed by atoms with Gasteiger partial charge in [-0.15, -0.1) is 0 Å². The van der Waals surface area contributed by atoms with Crippen LogP contribution in [0.15, 0.2) is 22.8 Å². The highest BCUT2D eigenvalue weighted by molar-refractivity contribution is 9.10. The average Bonchev–Trinajstić information content (AvgIpc) is 2.26. The van der Waals surface area contributed by atoms with Gasteiger partial charge in [-0.3, -0.25) is 4.79 Å². The van der Waals surface area contributed by atoms with E-state index in [9.17, 15) is 4.79 Å². The molecule has 0 bridgehead atoms. The van der Waals surface area contributed by atoms with Gasteiger partial charge in [0.25, 0.3) is 0 Å². The van der Waals surface area contributed by atoms with Gasteiger partial charge in [0.1, 0.15) is 10.4 Å². The van der Waals surface area contributed by atoms with Crippen molar-refractivity contribution in [2.75, 3.05) is 11.9 Å². The second-order valence-electron chi connectivity index (χ2n) is 4.51. The van der Waals surface area contributed by atoms with Crippen LogP contribution in [0.25, 0.3) is 0 Å². The summed E-state index contributed by atoms with van der Waals surface area (Å²) in [5.41, 5.74) is 0. The smallest absolute Gasteiger partial charge is 0.225 e. The normalized spacial score (nSPS) is 22.3. The summed E-state index contributed by atoms with van der Waals surface area (Å²) in [4.78, 5) is 16.0. The van der Waals surface area contributed by atoms with Crippen LogP contribution < -0.4 is 5.32 Å². The highest BCUT2D eigenvalue weighted by atomic mass is 79.9. The van der Waals surface area contributed by atoms with Crippen LogP contribution in [0.2, 0.25) is 0 Å². The van der Waals surface area contributed by atoms with Crippen molar-refractivity contribution in [2.24, 2.45) is 5.92 Å². The topological polar surface area (TPSA) is 51.2 Å². The van der Waals surface area contributed by atoms with Crippen LogP contribution in [0.3, 0.4) is 0 Å². The Morgan fingerprint density at radius 3 is 3.00 bits per heavy atom. The van der Waals surface area contributed by atoms with E-state index < -0.39 is 0 Å². The second-order valence-corrected chi connectivity index (χ2v) is 5.33. The van der Waals surface area contributed by atoms with Gasteiger partial charge >= 0.3 is 0 Å². The molecule has 98 valence electrons. The number of anilines is 1. The van der Waals surface area contributed by atoms with E-state index in [1.165, 1.54) is 0 Å². The molecule has 0 aromatic carbocycles. The van der Waals surface area contributed by atoms with Crippen LogP contribution in [-0.2, 0) is 9.53 Å². The fourth-order valence-corrected chi connectivity index (χ4v) is 2.49. The number of pyridine rings is 1. The SMILES string of the molecule is CCOC1CC(CC(=O)Nc2cccc(Br)n2)C1. The van der Waals surface area contributed by atoms with E-state index in [0.29, 0.717) is 24.3 Å². The number of hydrogen-bond acceptors (Lipinski definition) is 3. The lowest BCUT2D eigenvalue weighted by atomic mass is 9.80. The molecule has 0 radical (unpaired) electrons. The van der Waals surface area contributed by atoms with Crippen LogP contribution >= 0.6 is 15.9 Å². The summed E-state index contributed by atoms with van der Waals surface area (Å²) in [5, 5.41) is 2.81. The third-order valence-corrected chi connectivity index (χ3v) is 3.49. The van der Waals surface area contributed by atoms with Gasteiger partial charge in [0.05, 0.1) is 6.10 Å². The number of carbonyl (C=O) groups excluding carboxylic acids is 1. The van der Waals surface area contributed by atoms with Crippen LogP contribution in [-0.4, -0.2) is 23.6 Å². The maximum absolute atomic E-state index is 11.8. The number of nitrogens with one attached hydrogen (secondary N) is 1. The summed E-state index contributed by atoms with van der Waals surface area (Å²) >= 11 is 3.27. The van der Waals surface area contributed by atoms with E-state index in [1.54, 1.807) is 6.07 Å². The number of ether oxygens (including phenoxy) is 1. The monoisotopic (exact) mass is 312 g/mol. The Bertz CT molecular complexity index is 419. The Hall–Kier alpha value is -0.940. The molecule has 0 unspecified atom stereocenters. The van der Waals surface area contributed by atoms with Gasteiger partial charge in [-0.25, -0.2) is 4.98 Å². The van der Waals surface area contributed by atoms with Gasteiger partial charge in [-0.1, -0.05) is 6.07 Å². The Kier molecular flexibility index (Phi) is 4.72. The van der Waals surface area contributed by atoms with Crippen LogP contribution in [0.1, 0.15) is 26.2 Å². The lowest BCUT2D eigenvalue weighted by Crippen LogP contribution is -2.33. The maximum Gasteiger partial charge on any atom is 0.225 e. The number of rotatable bonds is 5. The second kappa shape index (κ2) is 6.29. The predicted molar refractivity (Wildman–Crippen MR) is 73.3 cm³/mol. The number of nitrogens with zero attached hydrogens (tertiary/aromatic N) is 1. The van der Waals surface area contributed by atoms with Gasteiger partial charge < -0.3 is 10.1 Å². The minimum atomic E-state index is 0.0283. The van der Waals surface area contributed by atoms with Crippen molar-refractivity contribution in [2.45, 2.75) is 32.3 Å². The zero-order chi connectivity index (χ0) is 13.0. The minimum Gasteiger partial charge on any atom is -0.378 e. The highest BCUT2D eigenvalue weighted by Gasteiger charge is 2.31. The lowest BCUT2D eigenvalue weighted by molar-refractivity contribution is -0.119. The van der Waals surface area contributed by atoms with E-state index in [2.05, 4.69) is 26.2 Å². The third kappa shape index (κ3) is 3.78. The first kappa shape index (κ1) is 13.5. The molecule has 1 aliphatic rings. The fourth-order valence-electron chi connectivity index (χ4n) is 2.15. The largest absolute Gasteiger partial charge is 0.378 e. The average molecular weight is 313 g/mol. The van der Waals surface area contributed by atoms with Crippen LogP contribution in [0, 0.1) is 5.92 Å². The van der Waals surface area contributed by atoms with Crippen LogP contribution in [0.4, 0.5) is 5.82 Å². The molecule has 1 heterocycles. The molecule has 4 nitrogen and oxygen atoms in total. The Balaban J connectivity index is 1.73. The van der Waals surface area contributed by atoms with Crippen molar-refractivity contribution in [1.82, 2.24) is 4.98 Å². The fraction of sp³-hybridized carbons (Fsp3) is 0.538. The molecule has 1 saturated carbocycles. The van der Waals surface area contributed by atoms with E-state index in [4.69, 9.17) is 4.74 Å². The summed E-state index contributed by atoms with van der Waals surface area (Å²) in [7, 11) is 0. The first-order chi connectivity index (χ1) is 8.67. The number of carbonyl (C=O) groups is 1. The molecule has 0 atom stereocenters. The Morgan fingerprint density at radius 2 is 2.33 bits per heavy atom. The summed E-state index contributed by atoms with van der Waals surface area (Å²) < 4.78 is 6.20. The maximum atomic E-state index is 11.8. The molecule has 5 heteroatoms. The van der Waals surface area contributed by atoms with Gasteiger partial charge in [-0.05, 0) is 53.7 Å². The van der Waals surface area contributed by atoms with Crippen molar-refractivity contribution in [3.05, 3.63) is 22.8 Å². The zero-order valence-corrected chi connectivity index (χ0v) is 11.9. The van der Waals surface area contributed by atoms with E-state index >= 15 is 0 Å². The number of amides is 1. The molecule has 1 fully saturated rings. The molecular weight excluding hydrogens is 296 g/mol. The standard InChI is InChI=1S/C13H17BrN2O2/c1-2-18-10-6-9(7-10)8-13(17)16-12-5-3-4-11(14)15-12/h3-5,9-10H,2,6-8H2,1H3,(H,15,16,17). The lowest BCUT2D eigenvalue weighted by Gasteiger charge is -2.34. The highest BCUT2D eigenvalue weighted by Crippen LogP contribution is 2.32. The van der Waals surface area contributed by atoms with Crippen LogP contribution in [0.5, 0.6) is 0 Å². The third-order valence-electron chi connectivity index (χ3n) is 3.05. The molecule has 0 saturated heterocycles. The van der Waals surface area contributed by atoms with Gasteiger partial charge in [0.2, 0.25) is 5.91 Å². The number of halogens is 1. The van der Waals surface area contributed by atoms with Gasteiger partial charge in [-0.2, -0.15) is 0 Å². The minimum absolute atomic E-state index is 0.0283. The van der Waals surface area contributed by atoms with Crippen molar-refractivity contribution in [1.29, 1.82) is 0 Å². The molecule has 0 aliphatic heterocycles. The van der Waals surface area contributed by atoms with Gasteiger partial charge in [0.15, 0.2) is 0 Å². The summed E-state index contributed by atoms with van der Waals surface area (Å²) in [5.74, 6) is 1.07. The molecule has 1 aliphatic carbocycles.